The van der Waals surface area contributed by atoms with Gasteiger partial charge in [-0.1, -0.05) is 62.8 Å². The summed E-state index contributed by atoms with van der Waals surface area (Å²) in [5.74, 6) is 0.407. The molecule has 0 bridgehead atoms. The van der Waals surface area contributed by atoms with Crippen LogP contribution in [0.25, 0.3) is 11.3 Å². The molecule has 27 heavy (non-hydrogen) atoms. The van der Waals surface area contributed by atoms with Crippen molar-refractivity contribution < 1.29 is 4.79 Å². The second-order valence-corrected chi connectivity index (χ2v) is 7.80. The van der Waals surface area contributed by atoms with Crippen LogP contribution >= 0.6 is 0 Å². The molecule has 1 heterocycles. The smallest absolute Gasteiger partial charge is 0.250 e. The summed E-state index contributed by atoms with van der Waals surface area (Å²) in [6.07, 6.45) is 11.3. The van der Waals surface area contributed by atoms with E-state index >= 15 is 0 Å². The zero-order valence-electron chi connectivity index (χ0n) is 16.3. The van der Waals surface area contributed by atoms with Crippen LogP contribution in [0.3, 0.4) is 0 Å². The van der Waals surface area contributed by atoms with Crippen LogP contribution in [-0.2, 0) is 6.54 Å². The number of nitrogens with zero attached hydrogens (tertiary/aromatic N) is 1. The van der Waals surface area contributed by atoms with Gasteiger partial charge in [0.25, 0.3) is 5.91 Å². The van der Waals surface area contributed by atoms with E-state index in [-0.39, 0.29) is 0 Å². The average molecular weight is 366 g/mol. The Labute approximate surface area is 162 Å². The number of hydrogen-bond donors (Lipinski definition) is 2. The van der Waals surface area contributed by atoms with Crippen LogP contribution in [0, 0.1) is 5.92 Å². The number of primary amides is 1. The quantitative estimate of drug-likeness (QED) is 0.700. The predicted molar refractivity (Wildman–Crippen MR) is 110 cm³/mol. The maximum absolute atomic E-state index is 11.8. The van der Waals surface area contributed by atoms with Gasteiger partial charge < -0.3 is 11.1 Å². The molecule has 1 amide bonds. The van der Waals surface area contributed by atoms with Crippen molar-refractivity contribution >= 4 is 5.91 Å². The highest BCUT2D eigenvalue weighted by atomic mass is 16.1. The number of aromatic nitrogens is 1. The van der Waals surface area contributed by atoms with Crippen LogP contribution in [0.1, 0.15) is 67.8 Å². The van der Waals surface area contributed by atoms with Crippen LogP contribution in [0.5, 0.6) is 0 Å². The minimum Gasteiger partial charge on any atom is -0.366 e. The fraction of sp³-hybridized carbons (Fsp3) is 0.478. The lowest BCUT2D eigenvalue weighted by atomic mass is 9.93. The SMILES string of the molecule is C[C@@H](CC1CCCCCC1)NCc1ccccc1-c1ncccc1C(N)=O. The average Bonchev–Trinajstić information content (AvgIpc) is 2.95. The van der Waals surface area contributed by atoms with Crippen molar-refractivity contribution in [1.29, 1.82) is 0 Å². The molecule has 0 unspecified atom stereocenters. The third kappa shape index (κ3) is 5.39. The summed E-state index contributed by atoms with van der Waals surface area (Å²) in [6.45, 7) is 3.04. The molecule has 0 aliphatic heterocycles. The van der Waals surface area contributed by atoms with Crippen molar-refractivity contribution in [2.45, 2.75) is 64.5 Å². The molecule has 0 radical (unpaired) electrons. The number of hydrogen-bond acceptors (Lipinski definition) is 3. The van der Waals surface area contributed by atoms with Gasteiger partial charge in [0.1, 0.15) is 0 Å². The Morgan fingerprint density at radius 1 is 1.15 bits per heavy atom. The van der Waals surface area contributed by atoms with Crippen LogP contribution in [-0.4, -0.2) is 16.9 Å². The largest absolute Gasteiger partial charge is 0.366 e. The second kappa shape index (κ2) is 9.65. The zero-order valence-corrected chi connectivity index (χ0v) is 16.3. The van der Waals surface area contributed by atoms with E-state index in [1.165, 1.54) is 44.9 Å². The molecule has 144 valence electrons. The van der Waals surface area contributed by atoms with Gasteiger partial charge in [0.2, 0.25) is 0 Å². The van der Waals surface area contributed by atoms with E-state index in [1.807, 2.05) is 18.2 Å². The molecule has 4 heteroatoms. The Morgan fingerprint density at radius 3 is 2.63 bits per heavy atom. The van der Waals surface area contributed by atoms with E-state index < -0.39 is 5.91 Å². The molecule has 0 spiro atoms. The predicted octanol–water partition coefficient (Wildman–Crippen LogP) is 4.69. The molecule has 4 nitrogen and oxygen atoms in total. The lowest BCUT2D eigenvalue weighted by Gasteiger charge is -2.21. The molecule has 1 aromatic heterocycles. The van der Waals surface area contributed by atoms with Gasteiger partial charge in [0.05, 0.1) is 11.3 Å². The summed E-state index contributed by atoms with van der Waals surface area (Å²) in [7, 11) is 0. The van der Waals surface area contributed by atoms with Gasteiger partial charge in [-0.15, -0.1) is 0 Å². The van der Waals surface area contributed by atoms with Crippen LogP contribution < -0.4 is 11.1 Å². The van der Waals surface area contributed by atoms with Crippen LogP contribution in [0.15, 0.2) is 42.6 Å². The van der Waals surface area contributed by atoms with Crippen molar-refractivity contribution in [1.82, 2.24) is 10.3 Å². The van der Waals surface area contributed by atoms with Gasteiger partial charge in [-0.25, -0.2) is 0 Å². The highest BCUT2D eigenvalue weighted by Gasteiger charge is 2.17. The number of rotatable bonds is 7. The van der Waals surface area contributed by atoms with Crippen molar-refractivity contribution in [3.05, 3.63) is 53.7 Å². The Balaban J connectivity index is 1.69. The lowest BCUT2D eigenvalue weighted by molar-refractivity contribution is 0.100. The van der Waals surface area contributed by atoms with E-state index in [2.05, 4.69) is 23.3 Å². The summed E-state index contributed by atoms with van der Waals surface area (Å²) >= 11 is 0. The highest BCUT2D eigenvalue weighted by molar-refractivity contribution is 5.99. The number of amides is 1. The van der Waals surface area contributed by atoms with Crippen molar-refractivity contribution in [3.8, 4) is 11.3 Å². The van der Waals surface area contributed by atoms with Gasteiger partial charge >= 0.3 is 0 Å². The first-order chi connectivity index (χ1) is 13.1. The van der Waals surface area contributed by atoms with Gasteiger partial charge in [-0.3, -0.25) is 9.78 Å². The number of nitrogens with two attached hydrogens (primary N) is 1. The van der Waals surface area contributed by atoms with E-state index in [9.17, 15) is 4.79 Å². The van der Waals surface area contributed by atoms with E-state index in [4.69, 9.17) is 5.73 Å². The maximum Gasteiger partial charge on any atom is 0.250 e. The monoisotopic (exact) mass is 365 g/mol. The molecule has 1 atom stereocenters. The number of pyridine rings is 1. The number of benzene rings is 1. The Kier molecular flexibility index (Phi) is 6.99. The standard InChI is InChI=1S/C23H31N3O/c1-17(15-18-9-4-2-3-5-10-18)26-16-19-11-6-7-12-20(19)22-21(23(24)27)13-8-14-25-22/h6-8,11-14,17-18,26H,2-5,9-10,15-16H2,1H3,(H2,24,27)/t17-/m0/s1. The first-order valence-electron chi connectivity index (χ1n) is 10.2. The Bertz CT molecular complexity index is 751. The fourth-order valence-electron chi connectivity index (χ4n) is 4.19. The molecule has 2 aromatic rings. The molecule has 1 aliphatic carbocycles. The van der Waals surface area contributed by atoms with Crippen molar-refractivity contribution in [3.63, 3.8) is 0 Å². The molecule has 3 N–H and O–H groups in total. The third-order valence-electron chi connectivity index (χ3n) is 5.65. The molecule has 1 saturated carbocycles. The van der Waals surface area contributed by atoms with Crippen molar-refractivity contribution in [2.24, 2.45) is 11.7 Å². The first kappa shape index (κ1) is 19.6. The van der Waals surface area contributed by atoms with E-state index in [0.717, 1.165) is 23.6 Å². The molecule has 1 aromatic carbocycles. The van der Waals surface area contributed by atoms with Gasteiger partial charge in [-0.05, 0) is 37.0 Å². The lowest BCUT2D eigenvalue weighted by Crippen LogP contribution is -2.28. The van der Waals surface area contributed by atoms with E-state index in [1.54, 1.807) is 18.3 Å². The number of nitrogens with one attached hydrogen (secondary N) is 1. The van der Waals surface area contributed by atoms with Gasteiger partial charge in [-0.2, -0.15) is 0 Å². The van der Waals surface area contributed by atoms with Crippen molar-refractivity contribution in [2.75, 3.05) is 0 Å². The first-order valence-corrected chi connectivity index (χ1v) is 10.2. The summed E-state index contributed by atoms with van der Waals surface area (Å²) in [5.41, 5.74) is 8.80. The maximum atomic E-state index is 11.8. The summed E-state index contributed by atoms with van der Waals surface area (Å²) in [4.78, 5) is 16.2. The minimum atomic E-state index is -0.442. The Morgan fingerprint density at radius 2 is 1.89 bits per heavy atom. The highest BCUT2D eigenvalue weighted by Crippen LogP contribution is 2.27. The topological polar surface area (TPSA) is 68.0 Å². The third-order valence-corrected chi connectivity index (χ3v) is 5.65. The van der Waals surface area contributed by atoms with E-state index in [0.29, 0.717) is 17.3 Å². The number of carbonyl (C=O) groups is 1. The van der Waals surface area contributed by atoms with Gasteiger partial charge in [0.15, 0.2) is 0 Å². The summed E-state index contributed by atoms with van der Waals surface area (Å²) < 4.78 is 0. The molecule has 1 fully saturated rings. The summed E-state index contributed by atoms with van der Waals surface area (Å²) in [5, 5.41) is 3.68. The van der Waals surface area contributed by atoms with Gasteiger partial charge in [0, 0.05) is 24.3 Å². The number of carbonyl (C=O) groups excluding carboxylic acids is 1. The fourth-order valence-corrected chi connectivity index (χ4v) is 4.19. The molecule has 3 rings (SSSR count). The molecule has 1 aliphatic rings. The summed E-state index contributed by atoms with van der Waals surface area (Å²) in [6, 6.07) is 12.1. The second-order valence-electron chi connectivity index (χ2n) is 7.80. The minimum absolute atomic E-state index is 0.442. The van der Waals surface area contributed by atoms with Crippen LogP contribution in [0.2, 0.25) is 0 Å². The molecular formula is C23H31N3O. The molecular weight excluding hydrogens is 334 g/mol. The molecule has 0 saturated heterocycles. The normalized spacial score (nSPS) is 16.6. The Hall–Kier alpha value is -2.20. The zero-order chi connectivity index (χ0) is 19.1. The van der Waals surface area contributed by atoms with Crippen LogP contribution in [0.4, 0.5) is 0 Å².